The van der Waals surface area contributed by atoms with Crippen LogP contribution < -0.4 is 5.32 Å². The minimum atomic E-state index is -0.336. The lowest BCUT2D eigenvalue weighted by Gasteiger charge is -2.17. The van der Waals surface area contributed by atoms with Crippen molar-refractivity contribution >= 4 is 11.7 Å². The van der Waals surface area contributed by atoms with Gasteiger partial charge in [-0.15, -0.1) is 0 Å². The highest BCUT2D eigenvalue weighted by Crippen LogP contribution is 2.31. The summed E-state index contributed by atoms with van der Waals surface area (Å²) in [5.74, 6) is 1.40. The standard InChI is InChI=1S/C18H23FN4O2/c1-23(18(24)20-15-9-7-14(19)8-10-15)12-11-16-21-17(25-22-16)13-5-3-2-4-6-13/h7-10,13H,2-6,11-12H2,1H3,(H,20,24). The smallest absolute Gasteiger partial charge is 0.321 e. The predicted molar refractivity (Wildman–Crippen MR) is 91.9 cm³/mol. The van der Waals surface area contributed by atoms with Crippen LogP contribution in [-0.4, -0.2) is 34.7 Å². The summed E-state index contributed by atoms with van der Waals surface area (Å²) in [5, 5.41) is 6.75. The summed E-state index contributed by atoms with van der Waals surface area (Å²) in [6.45, 7) is 0.469. The minimum Gasteiger partial charge on any atom is -0.339 e. The zero-order valence-corrected chi connectivity index (χ0v) is 14.4. The Kier molecular flexibility index (Phi) is 5.63. The van der Waals surface area contributed by atoms with E-state index in [1.54, 1.807) is 11.9 Å². The average Bonchev–Trinajstić information content (AvgIpc) is 3.11. The van der Waals surface area contributed by atoms with Gasteiger partial charge in [-0.1, -0.05) is 24.4 Å². The Balaban J connectivity index is 1.48. The number of nitrogens with one attached hydrogen (secondary N) is 1. The van der Waals surface area contributed by atoms with Crippen LogP contribution in [0.4, 0.5) is 14.9 Å². The van der Waals surface area contributed by atoms with Gasteiger partial charge in [-0.3, -0.25) is 0 Å². The first-order valence-corrected chi connectivity index (χ1v) is 8.72. The number of nitrogens with zero attached hydrogens (tertiary/aromatic N) is 3. The fourth-order valence-electron chi connectivity index (χ4n) is 3.01. The van der Waals surface area contributed by atoms with Gasteiger partial charge in [0.15, 0.2) is 5.82 Å². The van der Waals surface area contributed by atoms with E-state index in [0.717, 1.165) is 18.7 Å². The number of hydrogen-bond donors (Lipinski definition) is 1. The molecule has 25 heavy (non-hydrogen) atoms. The van der Waals surface area contributed by atoms with E-state index >= 15 is 0 Å². The molecule has 1 aromatic heterocycles. The molecule has 1 saturated carbocycles. The summed E-state index contributed by atoms with van der Waals surface area (Å²) < 4.78 is 18.3. The van der Waals surface area contributed by atoms with E-state index in [2.05, 4.69) is 15.5 Å². The number of amides is 2. The summed E-state index contributed by atoms with van der Waals surface area (Å²) in [5.41, 5.74) is 0.553. The fraction of sp³-hybridized carbons (Fsp3) is 0.500. The molecule has 7 heteroatoms. The Morgan fingerprint density at radius 2 is 2.00 bits per heavy atom. The number of anilines is 1. The maximum Gasteiger partial charge on any atom is 0.321 e. The predicted octanol–water partition coefficient (Wildman–Crippen LogP) is 3.96. The van der Waals surface area contributed by atoms with Crippen molar-refractivity contribution in [3.05, 3.63) is 41.8 Å². The lowest BCUT2D eigenvalue weighted by atomic mass is 9.89. The molecule has 134 valence electrons. The molecule has 1 aliphatic rings. The molecular weight excluding hydrogens is 323 g/mol. The van der Waals surface area contributed by atoms with Crippen LogP contribution >= 0.6 is 0 Å². The molecule has 0 saturated heterocycles. The van der Waals surface area contributed by atoms with Gasteiger partial charge in [-0.2, -0.15) is 4.98 Å². The van der Waals surface area contributed by atoms with E-state index in [1.807, 2.05) is 0 Å². The number of carbonyl (C=O) groups is 1. The average molecular weight is 346 g/mol. The van der Waals surface area contributed by atoms with Crippen molar-refractivity contribution in [3.63, 3.8) is 0 Å². The molecule has 0 spiro atoms. The largest absolute Gasteiger partial charge is 0.339 e. The number of hydrogen-bond acceptors (Lipinski definition) is 4. The number of likely N-dealkylation sites (N-methyl/N-ethyl adjacent to an activating group) is 1. The van der Waals surface area contributed by atoms with E-state index in [1.165, 1.54) is 43.5 Å². The molecule has 0 radical (unpaired) electrons. The van der Waals surface area contributed by atoms with Crippen LogP contribution in [-0.2, 0) is 6.42 Å². The van der Waals surface area contributed by atoms with Crippen molar-refractivity contribution < 1.29 is 13.7 Å². The van der Waals surface area contributed by atoms with Crippen LogP contribution in [0.25, 0.3) is 0 Å². The van der Waals surface area contributed by atoms with Crippen molar-refractivity contribution in [1.82, 2.24) is 15.0 Å². The highest BCUT2D eigenvalue weighted by Gasteiger charge is 2.21. The van der Waals surface area contributed by atoms with Crippen LogP contribution in [0.1, 0.15) is 49.7 Å². The molecular formula is C18H23FN4O2. The topological polar surface area (TPSA) is 71.3 Å². The number of rotatable bonds is 5. The van der Waals surface area contributed by atoms with Crippen molar-refractivity contribution in [2.45, 2.75) is 44.4 Å². The number of carbonyl (C=O) groups excluding carboxylic acids is 1. The van der Waals surface area contributed by atoms with Crippen LogP contribution in [0.15, 0.2) is 28.8 Å². The van der Waals surface area contributed by atoms with E-state index in [0.29, 0.717) is 30.4 Å². The SMILES string of the molecule is CN(CCc1noc(C2CCCCC2)n1)C(=O)Nc1ccc(F)cc1. The van der Waals surface area contributed by atoms with Crippen LogP contribution in [0, 0.1) is 5.82 Å². The first-order chi connectivity index (χ1) is 12.1. The molecule has 1 fully saturated rings. The summed E-state index contributed by atoms with van der Waals surface area (Å²) in [6.07, 6.45) is 6.47. The Morgan fingerprint density at radius 1 is 1.28 bits per heavy atom. The molecule has 1 heterocycles. The summed E-state index contributed by atoms with van der Waals surface area (Å²) in [6, 6.07) is 5.40. The Morgan fingerprint density at radius 3 is 2.72 bits per heavy atom. The third kappa shape index (κ3) is 4.78. The zero-order chi connectivity index (χ0) is 17.6. The first-order valence-electron chi connectivity index (χ1n) is 8.72. The maximum absolute atomic E-state index is 12.9. The molecule has 2 aromatic rings. The highest BCUT2D eigenvalue weighted by atomic mass is 19.1. The van der Waals surface area contributed by atoms with E-state index in [-0.39, 0.29) is 11.8 Å². The van der Waals surface area contributed by atoms with Crippen molar-refractivity contribution in [1.29, 1.82) is 0 Å². The third-order valence-corrected chi connectivity index (χ3v) is 4.55. The first kappa shape index (κ1) is 17.4. The molecule has 1 N–H and O–H groups in total. The zero-order valence-electron chi connectivity index (χ0n) is 14.4. The van der Waals surface area contributed by atoms with Gasteiger partial charge >= 0.3 is 6.03 Å². The molecule has 1 aromatic carbocycles. The summed E-state index contributed by atoms with van der Waals surface area (Å²) in [4.78, 5) is 18.2. The number of aromatic nitrogens is 2. The molecule has 6 nitrogen and oxygen atoms in total. The molecule has 0 unspecified atom stereocenters. The van der Waals surface area contributed by atoms with Crippen molar-refractivity contribution in [2.75, 3.05) is 18.9 Å². The minimum absolute atomic E-state index is 0.261. The Hall–Kier alpha value is -2.44. The molecule has 3 rings (SSSR count). The monoisotopic (exact) mass is 346 g/mol. The lowest BCUT2D eigenvalue weighted by molar-refractivity contribution is 0.222. The number of benzene rings is 1. The second-order valence-corrected chi connectivity index (χ2v) is 6.49. The van der Waals surface area contributed by atoms with Crippen LogP contribution in [0.2, 0.25) is 0 Å². The Bertz CT molecular complexity index is 695. The van der Waals surface area contributed by atoms with Crippen molar-refractivity contribution in [3.8, 4) is 0 Å². The normalized spacial score (nSPS) is 15.1. The second-order valence-electron chi connectivity index (χ2n) is 6.49. The van der Waals surface area contributed by atoms with Gasteiger partial charge in [0, 0.05) is 31.6 Å². The van der Waals surface area contributed by atoms with Gasteiger partial charge < -0.3 is 14.7 Å². The van der Waals surface area contributed by atoms with Crippen molar-refractivity contribution in [2.24, 2.45) is 0 Å². The quantitative estimate of drug-likeness (QED) is 0.889. The molecule has 2 amide bonds. The Labute approximate surface area is 146 Å². The second kappa shape index (κ2) is 8.09. The van der Waals surface area contributed by atoms with Gasteiger partial charge in [0.2, 0.25) is 5.89 Å². The number of urea groups is 1. The number of halogens is 1. The molecule has 1 aliphatic carbocycles. The lowest BCUT2D eigenvalue weighted by Crippen LogP contribution is -2.33. The summed E-state index contributed by atoms with van der Waals surface area (Å²) >= 11 is 0. The van der Waals surface area contributed by atoms with Gasteiger partial charge in [0.1, 0.15) is 5.82 Å². The van der Waals surface area contributed by atoms with Gasteiger partial charge in [0.25, 0.3) is 0 Å². The van der Waals surface area contributed by atoms with Gasteiger partial charge in [-0.05, 0) is 37.1 Å². The van der Waals surface area contributed by atoms with E-state index < -0.39 is 0 Å². The third-order valence-electron chi connectivity index (χ3n) is 4.55. The van der Waals surface area contributed by atoms with E-state index in [4.69, 9.17) is 4.52 Å². The highest BCUT2D eigenvalue weighted by molar-refractivity contribution is 5.89. The summed E-state index contributed by atoms with van der Waals surface area (Å²) in [7, 11) is 1.70. The van der Waals surface area contributed by atoms with Gasteiger partial charge in [-0.25, -0.2) is 9.18 Å². The van der Waals surface area contributed by atoms with Crippen LogP contribution in [0.3, 0.4) is 0 Å². The molecule has 0 aliphatic heterocycles. The molecule has 0 bridgehead atoms. The maximum atomic E-state index is 12.9. The van der Waals surface area contributed by atoms with Crippen LogP contribution in [0.5, 0.6) is 0 Å². The fourth-order valence-corrected chi connectivity index (χ4v) is 3.01. The molecule has 0 atom stereocenters. The van der Waals surface area contributed by atoms with Gasteiger partial charge in [0.05, 0.1) is 0 Å². The van der Waals surface area contributed by atoms with E-state index in [9.17, 15) is 9.18 Å².